The van der Waals surface area contributed by atoms with Crippen LogP contribution in [0.1, 0.15) is 39.7 Å². The first-order valence-corrected chi connectivity index (χ1v) is 7.44. The molecule has 0 heterocycles. The van der Waals surface area contributed by atoms with E-state index in [1.54, 1.807) is 19.1 Å². The summed E-state index contributed by atoms with van der Waals surface area (Å²) in [6.07, 6.45) is 0.0976. The highest BCUT2D eigenvalue weighted by Crippen LogP contribution is 2.24. The number of carbonyl (C=O) groups excluding carboxylic acids is 1. The Kier molecular flexibility index (Phi) is 7.15. The van der Waals surface area contributed by atoms with E-state index < -0.39 is 11.9 Å². The molecule has 1 rings (SSSR count). The molecule has 0 aliphatic heterocycles. The number of amides is 1. The minimum atomic E-state index is -0.740. The van der Waals surface area contributed by atoms with Crippen LogP contribution in [0.2, 0.25) is 0 Å². The molecule has 0 spiro atoms. The lowest BCUT2D eigenvalue weighted by Gasteiger charge is -2.20. The molecule has 1 aromatic carbocycles. The minimum Gasteiger partial charge on any atom is -0.477 e. The molecule has 0 aliphatic rings. The zero-order valence-corrected chi connectivity index (χ0v) is 13.2. The van der Waals surface area contributed by atoms with Gasteiger partial charge in [0, 0.05) is 18.2 Å². The second-order valence-corrected chi connectivity index (χ2v) is 5.09. The number of benzene rings is 1. The summed E-state index contributed by atoms with van der Waals surface area (Å²) in [6.45, 7) is 8.79. The van der Waals surface area contributed by atoms with Gasteiger partial charge in [-0.2, -0.15) is 0 Å². The van der Waals surface area contributed by atoms with Gasteiger partial charge in [0.05, 0.1) is 0 Å². The number of rotatable bonds is 8. The van der Waals surface area contributed by atoms with E-state index in [-0.39, 0.29) is 17.7 Å². The van der Waals surface area contributed by atoms with Crippen molar-refractivity contribution in [3.63, 3.8) is 0 Å². The van der Waals surface area contributed by atoms with Crippen molar-refractivity contribution in [1.82, 2.24) is 10.6 Å². The molecule has 0 bridgehead atoms. The SMILES string of the molecule is CCNCc1cccc(F)c1OC(C)C(=O)NC(C)CC. The summed E-state index contributed by atoms with van der Waals surface area (Å²) in [7, 11) is 0. The maximum atomic E-state index is 13.9. The smallest absolute Gasteiger partial charge is 0.260 e. The van der Waals surface area contributed by atoms with Crippen LogP contribution in [0.15, 0.2) is 18.2 Å². The minimum absolute atomic E-state index is 0.0744. The molecule has 0 aromatic heterocycles. The van der Waals surface area contributed by atoms with Gasteiger partial charge in [-0.05, 0) is 32.9 Å². The third-order valence-electron chi connectivity index (χ3n) is 3.28. The molecule has 0 saturated carbocycles. The third-order valence-corrected chi connectivity index (χ3v) is 3.28. The van der Waals surface area contributed by atoms with E-state index in [4.69, 9.17) is 4.74 Å². The second kappa shape index (κ2) is 8.62. The summed E-state index contributed by atoms with van der Waals surface area (Å²) in [6, 6.07) is 4.84. The highest BCUT2D eigenvalue weighted by molar-refractivity contribution is 5.81. The van der Waals surface area contributed by atoms with Gasteiger partial charge in [0.1, 0.15) is 0 Å². The van der Waals surface area contributed by atoms with Crippen molar-refractivity contribution < 1.29 is 13.9 Å². The Balaban J connectivity index is 2.78. The molecule has 1 amide bonds. The molecule has 2 N–H and O–H groups in total. The number of para-hydroxylation sites is 1. The van der Waals surface area contributed by atoms with Gasteiger partial charge in [-0.3, -0.25) is 4.79 Å². The molecule has 21 heavy (non-hydrogen) atoms. The van der Waals surface area contributed by atoms with Crippen molar-refractivity contribution in [3.8, 4) is 5.75 Å². The number of ether oxygens (including phenoxy) is 1. The molecular formula is C16H25FN2O2. The lowest BCUT2D eigenvalue weighted by atomic mass is 10.2. The lowest BCUT2D eigenvalue weighted by molar-refractivity contribution is -0.128. The number of halogens is 1. The summed E-state index contributed by atoms with van der Waals surface area (Å²) in [4.78, 5) is 12.0. The van der Waals surface area contributed by atoms with Gasteiger partial charge in [-0.25, -0.2) is 4.39 Å². The van der Waals surface area contributed by atoms with Gasteiger partial charge < -0.3 is 15.4 Å². The van der Waals surface area contributed by atoms with Gasteiger partial charge in [-0.1, -0.05) is 26.0 Å². The number of carbonyl (C=O) groups is 1. The predicted molar refractivity (Wildman–Crippen MR) is 81.8 cm³/mol. The zero-order valence-electron chi connectivity index (χ0n) is 13.2. The molecule has 0 fully saturated rings. The van der Waals surface area contributed by atoms with Crippen LogP contribution in [0.25, 0.3) is 0 Å². The van der Waals surface area contributed by atoms with Gasteiger partial charge in [0.25, 0.3) is 5.91 Å². The molecule has 5 heteroatoms. The van der Waals surface area contributed by atoms with Crippen LogP contribution in [0.4, 0.5) is 4.39 Å². The van der Waals surface area contributed by atoms with Crippen molar-refractivity contribution in [2.24, 2.45) is 0 Å². The Morgan fingerprint density at radius 1 is 1.33 bits per heavy atom. The van der Waals surface area contributed by atoms with Crippen LogP contribution in [-0.4, -0.2) is 24.6 Å². The number of hydrogen-bond acceptors (Lipinski definition) is 3. The molecule has 118 valence electrons. The van der Waals surface area contributed by atoms with Crippen LogP contribution < -0.4 is 15.4 Å². The Labute approximate surface area is 126 Å². The van der Waals surface area contributed by atoms with Crippen LogP contribution in [0.5, 0.6) is 5.75 Å². The highest BCUT2D eigenvalue weighted by Gasteiger charge is 2.19. The van der Waals surface area contributed by atoms with E-state index in [1.807, 2.05) is 20.8 Å². The molecule has 0 radical (unpaired) electrons. The zero-order chi connectivity index (χ0) is 15.8. The number of nitrogens with one attached hydrogen (secondary N) is 2. The van der Waals surface area contributed by atoms with Gasteiger partial charge in [0.15, 0.2) is 17.7 Å². The topological polar surface area (TPSA) is 50.4 Å². The lowest BCUT2D eigenvalue weighted by Crippen LogP contribution is -2.41. The normalized spacial score (nSPS) is 13.6. The van der Waals surface area contributed by atoms with Crippen molar-refractivity contribution in [2.75, 3.05) is 6.54 Å². The second-order valence-electron chi connectivity index (χ2n) is 5.09. The van der Waals surface area contributed by atoms with Gasteiger partial charge in [-0.15, -0.1) is 0 Å². The Morgan fingerprint density at radius 3 is 2.67 bits per heavy atom. The summed E-state index contributed by atoms with van der Waals surface area (Å²) in [5, 5.41) is 5.96. The van der Waals surface area contributed by atoms with Crippen molar-refractivity contribution in [2.45, 2.75) is 52.8 Å². The maximum absolute atomic E-state index is 13.9. The van der Waals surface area contributed by atoms with E-state index in [0.717, 1.165) is 13.0 Å². The highest BCUT2D eigenvalue weighted by atomic mass is 19.1. The first-order valence-electron chi connectivity index (χ1n) is 7.44. The predicted octanol–water partition coefficient (Wildman–Crippen LogP) is 2.62. The molecule has 4 nitrogen and oxygen atoms in total. The monoisotopic (exact) mass is 296 g/mol. The maximum Gasteiger partial charge on any atom is 0.260 e. The van der Waals surface area contributed by atoms with Crippen LogP contribution in [0, 0.1) is 5.82 Å². The standard InChI is InChI=1S/C16H25FN2O2/c1-5-11(3)19-16(20)12(4)21-15-13(10-18-6-2)8-7-9-14(15)17/h7-9,11-12,18H,5-6,10H2,1-4H3,(H,19,20). The average molecular weight is 296 g/mol. The molecular weight excluding hydrogens is 271 g/mol. The summed E-state index contributed by atoms with van der Waals surface area (Å²) in [5.41, 5.74) is 0.708. The molecule has 1 aromatic rings. The largest absolute Gasteiger partial charge is 0.477 e. The Hall–Kier alpha value is -1.62. The fraction of sp³-hybridized carbons (Fsp3) is 0.562. The van der Waals surface area contributed by atoms with E-state index in [0.29, 0.717) is 12.1 Å². The molecule has 0 aliphatic carbocycles. The third kappa shape index (κ3) is 5.34. The van der Waals surface area contributed by atoms with Crippen LogP contribution in [-0.2, 0) is 11.3 Å². The van der Waals surface area contributed by atoms with E-state index in [9.17, 15) is 9.18 Å². The quantitative estimate of drug-likeness (QED) is 0.775. The first kappa shape index (κ1) is 17.4. The Bertz CT molecular complexity index is 466. The van der Waals surface area contributed by atoms with Crippen LogP contribution in [0.3, 0.4) is 0 Å². The van der Waals surface area contributed by atoms with Crippen LogP contribution >= 0.6 is 0 Å². The summed E-state index contributed by atoms with van der Waals surface area (Å²) >= 11 is 0. The molecule has 2 atom stereocenters. The molecule has 2 unspecified atom stereocenters. The molecule has 0 saturated heterocycles. The number of hydrogen-bond donors (Lipinski definition) is 2. The summed E-state index contributed by atoms with van der Waals surface area (Å²) < 4.78 is 19.5. The van der Waals surface area contributed by atoms with Crippen molar-refractivity contribution >= 4 is 5.91 Å². The Morgan fingerprint density at radius 2 is 2.05 bits per heavy atom. The van der Waals surface area contributed by atoms with E-state index in [2.05, 4.69) is 10.6 Å². The van der Waals surface area contributed by atoms with Crippen molar-refractivity contribution in [1.29, 1.82) is 0 Å². The van der Waals surface area contributed by atoms with Gasteiger partial charge in [0.2, 0.25) is 0 Å². The first-order chi connectivity index (χ1) is 9.99. The van der Waals surface area contributed by atoms with Crippen molar-refractivity contribution in [3.05, 3.63) is 29.6 Å². The van der Waals surface area contributed by atoms with E-state index >= 15 is 0 Å². The summed E-state index contributed by atoms with van der Waals surface area (Å²) in [5.74, 6) is -0.541. The van der Waals surface area contributed by atoms with Gasteiger partial charge >= 0.3 is 0 Å². The average Bonchev–Trinajstić information content (AvgIpc) is 2.47. The van der Waals surface area contributed by atoms with E-state index in [1.165, 1.54) is 6.07 Å². The fourth-order valence-electron chi connectivity index (χ4n) is 1.78. The fourth-order valence-corrected chi connectivity index (χ4v) is 1.78.